The van der Waals surface area contributed by atoms with E-state index < -0.39 is 22.7 Å². The van der Waals surface area contributed by atoms with Gasteiger partial charge in [-0.05, 0) is 57.2 Å². The van der Waals surface area contributed by atoms with Gasteiger partial charge in [-0.2, -0.15) is 0 Å². The number of esters is 1. The highest BCUT2D eigenvalue weighted by atomic mass is 16.6. The van der Waals surface area contributed by atoms with Gasteiger partial charge in [0.25, 0.3) is 0 Å². The molecule has 8 rings (SSSR count). The van der Waals surface area contributed by atoms with Crippen LogP contribution in [-0.4, -0.2) is 35.7 Å². The Labute approximate surface area is 348 Å². The number of aryl methyl sites for hydroxylation is 2. The van der Waals surface area contributed by atoms with Crippen LogP contribution in [0.1, 0.15) is 89.9 Å². The predicted molar refractivity (Wildman–Crippen MR) is 228 cm³/mol. The van der Waals surface area contributed by atoms with Crippen LogP contribution >= 0.6 is 0 Å². The average molecular weight is 799 g/mol. The molecule has 5 aromatic carbocycles. The quantitative estimate of drug-likeness (QED) is 0.0827. The first-order valence-corrected chi connectivity index (χ1v) is 20.1. The van der Waals surface area contributed by atoms with Gasteiger partial charge in [-0.1, -0.05) is 167 Å². The fraction of sp³-hybridized carbons (Fsp3) is 0.224. The number of carbonyl (C=O) groups excluding carboxylic acids is 1. The molecule has 0 bridgehead atoms. The SMILES string of the molecule is CCCc1nc(C(C)(C)C)c(C(=O)OCc2oc(=O)oc2C)n1Cc1ccc(-c2ccccc2-c2nnnn2C(c2ccccc2)(c2ccccc2)c2ccccc2)cc1. The molecule has 11 nitrogen and oxygen atoms in total. The Bertz CT molecular complexity index is 2680. The van der Waals surface area contributed by atoms with Crippen LogP contribution in [-0.2, 0) is 35.3 Å². The van der Waals surface area contributed by atoms with E-state index in [-0.39, 0.29) is 18.1 Å². The predicted octanol–water partition coefficient (Wildman–Crippen LogP) is 9.55. The summed E-state index contributed by atoms with van der Waals surface area (Å²) in [7, 11) is 0. The van der Waals surface area contributed by atoms with Gasteiger partial charge in [0.15, 0.2) is 29.6 Å². The number of imidazole rings is 1. The van der Waals surface area contributed by atoms with Gasteiger partial charge in [0.2, 0.25) is 0 Å². The molecule has 0 aliphatic rings. The molecule has 0 saturated heterocycles. The van der Waals surface area contributed by atoms with Gasteiger partial charge in [0.1, 0.15) is 11.4 Å². The minimum atomic E-state index is -0.906. The summed E-state index contributed by atoms with van der Waals surface area (Å²) in [5.74, 6) is 0.441. The molecule has 11 heteroatoms. The molecule has 8 aromatic rings. The summed E-state index contributed by atoms with van der Waals surface area (Å²) in [4.78, 5) is 30.6. The third-order valence-corrected chi connectivity index (χ3v) is 10.7. The largest absolute Gasteiger partial charge is 0.519 e. The number of ether oxygens (including phenoxy) is 1. The number of tetrazole rings is 1. The number of hydrogen-bond donors (Lipinski definition) is 0. The zero-order valence-electron chi connectivity index (χ0n) is 34.3. The van der Waals surface area contributed by atoms with E-state index in [1.54, 1.807) is 6.92 Å². The minimum Gasteiger partial charge on any atom is -0.453 e. The topological polar surface area (TPSA) is 131 Å². The van der Waals surface area contributed by atoms with Crippen LogP contribution < -0.4 is 5.82 Å². The second-order valence-corrected chi connectivity index (χ2v) is 15.8. The standard InChI is InChI=1S/C49H46N6O5/c1-6-18-42-50-44(48(3,4)5)43(46(56)58-32-41-33(2)59-47(57)60-41)54(42)31-34-27-29-35(30-28-34)39-25-16-17-26-40(39)45-51-52-53-55(45)49(36-19-10-7-11-20-36,37-21-12-8-13-22-37)38-23-14-9-15-24-38/h7-17,19-30H,6,18,31-32H2,1-5H3. The van der Waals surface area contributed by atoms with Crippen molar-refractivity contribution in [2.45, 2.75) is 71.6 Å². The smallest absolute Gasteiger partial charge is 0.453 e. The molecule has 0 atom stereocenters. The van der Waals surface area contributed by atoms with E-state index in [0.29, 0.717) is 30.2 Å². The lowest BCUT2D eigenvalue weighted by atomic mass is 9.77. The monoisotopic (exact) mass is 798 g/mol. The van der Waals surface area contributed by atoms with E-state index in [4.69, 9.17) is 28.9 Å². The molecular formula is C49H46N6O5. The zero-order chi connectivity index (χ0) is 41.9. The summed E-state index contributed by atoms with van der Waals surface area (Å²) in [6.45, 7) is 9.90. The molecule has 60 heavy (non-hydrogen) atoms. The van der Waals surface area contributed by atoms with E-state index in [1.807, 2.05) is 96.8 Å². The highest BCUT2D eigenvalue weighted by Gasteiger charge is 2.42. The fourth-order valence-electron chi connectivity index (χ4n) is 7.91. The molecular weight excluding hydrogens is 753 g/mol. The van der Waals surface area contributed by atoms with Gasteiger partial charge in [-0.25, -0.2) is 19.3 Å². The second-order valence-electron chi connectivity index (χ2n) is 15.8. The van der Waals surface area contributed by atoms with E-state index in [1.165, 1.54) is 0 Å². The van der Waals surface area contributed by atoms with Crippen molar-refractivity contribution in [2.24, 2.45) is 0 Å². The zero-order valence-corrected chi connectivity index (χ0v) is 34.3. The maximum atomic E-state index is 13.9. The molecule has 3 aromatic heterocycles. The van der Waals surface area contributed by atoms with Crippen molar-refractivity contribution < 1.29 is 18.4 Å². The highest BCUT2D eigenvalue weighted by Crippen LogP contribution is 2.43. The van der Waals surface area contributed by atoms with Crippen molar-refractivity contribution in [1.29, 1.82) is 0 Å². The molecule has 302 valence electrons. The first kappa shape index (κ1) is 39.7. The Kier molecular flexibility index (Phi) is 11.0. The summed E-state index contributed by atoms with van der Waals surface area (Å²) < 4.78 is 19.7. The molecule has 0 spiro atoms. The third-order valence-electron chi connectivity index (χ3n) is 10.7. The Morgan fingerprint density at radius 2 is 1.30 bits per heavy atom. The van der Waals surface area contributed by atoms with E-state index in [9.17, 15) is 9.59 Å². The summed E-state index contributed by atoms with van der Waals surface area (Å²) in [6, 6.07) is 47.5. The van der Waals surface area contributed by atoms with E-state index in [0.717, 1.165) is 51.2 Å². The molecule has 0 aliphatic carbocycles. The lowest BCUT2D eigenvalue weighted by molar-refractivity contribution is 0.0427. The average Bonchev–Trinajstić information content (AvgIpc) is 3.99. The Morgan fingerprint density at radius 1 is 0.733 bits per heavy atom. The van der Waals surface area contributed by atoms with Gasteiger partial charge >= 0.3 is 11.8 Å². The molecule has 3 heterocycles. The fourth-order valence-corrected chi connectivity index (χ4v) is 7.91. The van der Waals surface area contributed by atoms with Crippen molar-refractivity contribution in [1.82, 2.24) is 29.8 Å². The van der Waals surface area contributed by atoms with Crippen molar-refractivity contribution in [3.63, 3.8) is 0 Å². The summed E-state index contributed by atoms with van der Waals surface area (Å²) in [5.41, 5.74) is 6.46. The van der Waals surface area contributed by atoms with Crippen molar-refractivity contribution in [3.8, 4) is 22.5 Å². The maximum Gasteiger partial charge on any atom is 0.519 e. The maximum absolute atomic E-state index is 13.9. The van der Waals surface area contributed by atoms with Crippen LogP contribution in [0.4, 0.5) is 0 Å². The number of aromatic nitrogens is 6. The molecule has 0 radical (unpaired) electrons. The van der Waals surface area contributed by atoms with E-state index >= 15 is 0 Å². The van der Waals surface area contributed by atoms with Crippen LogP contribution in [0.15, 0.2) is 153 Å². The normalized spacial score (nSPS) is 11.8. The molecule has 0 fully saturated rings. The van der Waals surface area contributed by atoms with Crippen LogP contribution in [0.5, 0.6) is 0 Å². The van der Waals surface area contributed by atoms with E-state index in [2.05, 4.69) is 84.9 Å². The highest BCUT2D eigenvalue weighted by molar-refractivity contribution is 5.89. The van der Waals surface area contributed by atoms with Crippen LogP contribution in [0.2, 0.25) is 0 Å². The molecule has 0 unspecified atom stereocenters. The number of benzene rings is 5. The molecule has 0 N–H and O–H groups in total. The van der Waals surface area contributed by atoms with Gasteiger partial charge < -0.3 is 18.1 Å². The second kappa shape index (κ2) is 16.6. The summed E-state index contributed by atoms with van der Waals surface area (Å²) in [5, 5.41) is 13.8. The Balaban J connectivity index is 1.19. The van der Waals surface area contributed by atoms with Crippen molar-refractivity contribution in [2.75, 3.05) is 0 Å². The number of hydrogen-bond acceptors (Lipinski definition) is 9. The molecule has 0 amide bonds. The van der Waals surface area contributed by atoms with Crippen LogP contribution in [0.3, 0.4) is 0 Å². The van der Waals surface area contributed by atoms with Gasteiger partial charge in [0, 0.05) is 23.9 Å². The Hall–Kier alpha value is -7.14. The molecule has 0 aliphatic heterocycles. The van der Waals surface area contributed by atoms with Gasteiger partial charge in [-0.15, -0.1) is 5.10 Å². The first-order valence-electron chi connectivity index (χ1n) is 20.1. The summed E-state index contributed by atoms with van der Waals surface area (Å²) >= 11 is 0. The molecule has 0 saturated carbocycles. The third kappa shape index (κ3) is 7.50. The van der Waals surface area contributed by atoms with Gasteiger partial charge in [0.05, 0.1) is 5.69 Å². The number of rotatable bonds is 13. The van der Waals surface area contributed by atoms with Crippen LogP contribution in [0.25, 0.3) is 22.5 Å². The Morgan fingerprint density at radius 3 is 1.83 bits per heavy atom. The van der Waals surface area contributed by atoms with Gasteiger partial charge in [-0.3, -0.25) is 0 Å². The first-order chi connectivity index (χ1) is 29.1. The van der Waals surface area contributed by atoms with Crippen molar-refractivity contribution >= 4 is 5.97 Å². The lowest BCUT2D eigenvalue weighted by Crippen LogP contribution is -2.39. The van der Waals surface area contributed by atoms with Crippen LogP contribution in [0, 0.1) is 6.92 Å². The lowest BCUT2D eigenvalue weighted by Gasteiger charge is -2.36. The minimum absolute atomic E-state index is 0.168. The van der Waals surface area contributed by atoms with Crippen molar-refractivity contribution in [3.05, 3.63) is 201 Å². The number of nitrogens with zero attached hydrogens (tertiary/aromatic N) is 6. The number of carbonyl (C=O) groups is 1. The summed E-state index contributed by atoms with van der Waals surface area (Å²) in [6.07, 6.45) is 1.51.